The predicted octanol–water partition coefficient (Wildman–Crippen LogP) is 3.20. The van der Waals surface area contributed by atoms with E-state index in [1.165, 1.54) is 0 Å². The number of hydrogen-bond donors (Lipinski definition) is 2. The minimum Gasteiger partial charge on any atom is -0.490 e. The van der Waals surface area contributed by atoms with Gasteiger partial charge in [-0.3, -0.25) is 4.79 Å². The number of ether oxygens (including phenoxy) is 2. The highest BCUT2D eigenvalue weighted by Crippen LogP contribution is 2.38. The fourth-order valence-electron chi connectivity index (χ4n) is 2.37. The van der Waals surface area contributed by atoms with E-state index in [1.807, 2.05) is 26.0 Å². The maximum absolute atomic E-state index is 11.3. The molecule has 22 heavy (non-hydrogen) atoms. The lowest BCUT2D eigenvalue weighted by atomic mass is 10.0. The molecule has 0 bridgehead atoms. The largest absolute Gasteiger partial charge is 0.490 e. The molecule has 0 fully saturated rings. The Bertz CT molecular complexity index is 533. The van der Waals surface area contributed by atoms with E-state index in [0.29, 0.717) is 37.8 Å². The van der Waals surface area contributed by atoms with Crippen molar-refractivity contribution in [1.29, 1.82) is 0 Å². The summed E-state index contributed by atoms with van der Waals surface area (Å²) in [6, 6.07) is 3.30. The molecule has 0 saturated carbocycles. The second kappa shape index (κ2) is 7.83. The summed E-state index contributed by atoms with van der Waals surface area (Å²) in [5.74, 6) is 0.934. The van der Waals surface area contributed by atoms with E-state index in [-0.39, 0.29) is 0 Å². The van der Waals surface area contributed by atoms with Crippen LogP contribution in [0.3, 0.4) is 0 Å². The van der Waals surface area contributed by atoms with Crippen LogP contribution in [0.4, 0.5) is 0 Å². The Balaban J connectivity index is 2.08. The molecule has 6 heteroatoms. The highest BCUT2D eigenvalue weighted by molar-refractivity contribution is 9.10. The highest BCUT2D eigenvalue weighted by Gasteiger charge is 2.19. The minimum atomic E-state index is -0.817. The van der Waals surface area contributed by atoms with Crippen LogP contribution in [0.2, 0.25) is 0 Å². The van der Waals surface area contributed by atoms with Gasteiger partial charge in [-0.1, -0.05) is 13.8 Å². The predicted molar refractivity (Wildman–Crippen MR) is 87.5 cm³/mol. The van der Waals surface area contributed by atoms with E-state index in [0.717, 1.165) is 22.2 Å². The third kappa shape index (κ3) is 4.61. The molecule has 1 atom stereocenters. The second-order valence-electron chi connectivity index (χ2n) is 5.86. The Morgan fingerprint density at radius 1 is 1.36 bits per heavy atom. The van der Waals surface area contributed by atoms with E-state index in [1.54, 1.807) is 0 Å². The molecule has 0 unspecified atom stereocenters. The molecular formula is C16H22BrNO4. The first-order valence-corrected chi connectivity index (χ1v) is 8.31. The summed E-state index contributed by atoms with van der Waals surface area (Å²) in [6.45, 7) is 5.77. The van der Waals surface area contributed by atoms with Gasteiger partial charge in [0.15, 0.2) is 11.5 Å². The van der Waals surface area contributed by atoms with Crippen molar-refractivity contribution in [2.45, 2.75) is 39.3 Å². The summed E-state index contributed by atoms with van der Waals surface area (Å²) in [4.78, 5) is 11.3. The average molecular weight is 372 g/mol. The number of aliphatic carboxylic acids is 1. The average Bonchev–Trinajstić information content (AvgIpc) is 2.68. The summed E-state index contributed by atoms with van der Waals surface area (Å²) in [5.41, 5.74) is 0.964. The zero-order valence-corrected chi connectivity index (χ0v) is 14.5. The van der Waals surface area contributed by atoms with Gasteiger partial charge >= 0.3 is 5.97 Å². The molecule has 1 aromatic rings. The lowest BCUT2D eigenvalue weighted by Crippen LogP contribution is -2.37. The van der Waals surface area contributed by atoms with Gasteiger partial charge in [-0.2, -0.15) is 0 Å². The molecule has 1 heterocycles. The number of fused-ring (bicyclic) bond motifs is 1. The molecule has 0 aromatic heterocycles. The first kappa shape index (κ1) is 17.1. The normalized spacial score (nSPS) is 15.5. The third-order valence-corrected chi connectivity index (χ3v) is 4.01. The van der Waals surface area contributed by atoms with Crippen LogP contribution in [0.5, 0.6) is 11.5 Å². The van der Waals surface area contributed by atoms with E-state index in [4.69, 9.17) is 9.47 Å². The fourth-order valence-corrected chi connectivity index (χ4v) is 2.97. The molecule has 122 valence electrons. The molecule has 1 aliphatic rings. The number of nitrogens with one attached hydrogen (secondary N) is 1. The quantitative estimate of drug-likeness (QED) is 0.803. The number of carboxylic acids is 1. The molecule has 0 saturated heterocycles. The monoisotopic (exact) mass is 371 g/mol. The van der Waals surface area contributed by atoms with Gasteiger partial charge in [0.05, 0.1) is 17.7 Å². The van der Waals surface area contributed by atoms with Crippen molar-refractivity contribution < 1.29 is 19.4 Å². The van der Waals surface area contributed by atoms with Crippen molar-refractivity contribution in [3.63, 3.8) is 0 Å². The van der Waals surface area contributed by atoms with Crippen molar-refractivity contribution >= 4 is 21.9 Å². The van der Waals surface area contributed by atoms with Gasteiger partial charge in [-0.15, -0.1) is 0 Å². The minimum absolute atomic E-state index is 0.323. The molecule has 2 N–H and O–H groups in total. The summed E-state index contributed by atoms with van der Waals surface area (Å²) < 4.78 is 12.2. The summed E-state index contributed by atoms with van der Waals surface area (Å²) in [7, 11) is 0. The van der Waals surface area contributed by atoms with Gasteiger partial charge in [0, 0.05) is 13.0 Å². The third-order valence-electron chi connectivity index (χ3n) is 3.42. The van der Waals surface area contributed by atoms with Gasteiger partial charge in [-0.05, 0) is 46.0 Å². The van der Waals surface area contributed by atoms with Crippen molar-refractivity contribution in [1.82, 2.24) is 5.32 Å². The van der Waals surface area contributed by atoms with Gasteiger partial charge < -0.3 is 19.9 Å². The molecular weight excluding hydrogens is 350 g/mol. The van der Waals surface area contributed by atoms with Gasteiger partial charge in [0.2, 0.25) is 0 Å². The Hall–Kier alpha value is -1.27. The molecule has 0 radical (unpaired) electrons. The Labute approximate surface area is 139 Å². The van der Waals surface area contributed by atoms with Crippen molar-refractivity contribution in [3.05, 3.63) is 22.2 Å². The Morgan fingerprint density at radius 2 is 2.09 bits per heavy atom. The number of benzene rings is 1. The van der Waals surface area contributed by atoms with Crippen LogP contribution in [-0.4, -0.2) is 30.3 Å². The smallest absolute Gasteiger partial charge is 0.320 e. The maximum atomic E-state index is 11.3. The maximum Gasteiger partial charge on any atom is 0.320 e. The van der Waals surface area contributed by atoms with Crippen molar-refractivity contribution in [3.8, 4) is 11.5 Å². The SMILES string of the molecule is CC(C)C[C@@H](NCc1cc(Br)c2c(c1)OCCCO2)C(=O)O. The number of hydrogen-bond acceptors (Lipinski definition) is 4. The van der Waals surface area contributed by atoms with Gasteiger partial charge in [0.1, 0.15) is 6.04 Å². The van der Waals surface area contributed by atoms with Crippen molar-refractivity contribution in [2.75, 3.05) is 13.2 Å². The van der Waals surface area contributed by atoms with Crippen molar-refractivity contribution in [2.24, 2.45) is 5.92 Å². The zero-order chi connectivity index (χ0) is 16.1. The number of carbonyl (C=O) groups is 1. The summed E-state index contributed by atoms with van der Waals surface area (Å²) in [6.07, 6.45) is 1.45. The second-order valence-corrected chi connectivity index (χ2v) is 6.71. The van der Waals surface area contributed by atoms with Gasteiger partial charge in [-0.25, -0.2) is 0 Å². The van der Waals surface area contributed by atoms with Gasteiger partial charge in [0.25, 0.3) is 0 Å². The van der Waals surface area contributed by atoms with Crippen LogP contribution < -0.4 is 14.8 Å². The van der Waals surface area contributed by atoms with Crippen LogP contribution in [-0.2, 0) is 11.3 Å². The number of carboxylic acid groups (broad SMARTS) is 1. The molecule has 1 aliphatic heterocycles. The molecule has 2 rings (SSSR count). The standard InChI is InChI=1S/C16H22BrNO4/c1-10(2)6-13(16(19)20)18-9-11-7-12(17)15-14(8-11)21-4-3-5-22-15/h7-8,10,13,18H,3-6,9H2,1-2H3,(H,19,20)/t13-/m1/s1. The first-order chi connectivity index (χ1) is 10.5. The molecule has 1 aromatic carbocycles. The molecule has 0 aliphatic carbocycles. The van der Waals surface area contributed by atoms with E-state index in [2.05, 4.69) is 21.2 Å². The zero-order valence-electron chi connectivity index (χ0n) is 12.9. The fraction of sp³-hybridized carbons (Fsp3) is 0.562. The van der Waals surface area contributed by atoms with Crippen LogP contribution in [0, 0.1) is 5.92 Å². The molecule has 5 nitrogen and oxygen atoms in total. The van der Waals surface area contributed by atoms with Crippen LogP contribution in [0.1, 0.15) is 32.3 Å². The Kier molecular flexibility index (Phi) is 6.08. The molecule has 0 amide bonds. The topological polar surface area (TPSA) is 67.8 Å². The summed E-state index contributed by atoms with van der Waals surface area (Å²) >= 11 is 3.49. The number of rotatable bonds is 6. The first-order valence-electron chi connectivity index (χ1n) is 7.51. The van der Waals surface area contributed by atoms with Crippen LogP contribution in [0.15, 0.2) is 16.6 Å². The van der Waals surface area contributed by atoms with Crippen LogP contribution >= 0.6 is 15.9 Å². The lowest BCUT2D eigenvalue weighted by molar-refractivity contribution is -0.140. The highest BCUT2D eigenvalue weighted by atomic mass is 79.9. The molecule has 0 spiro atoms. The Morgan fingerprint density at radius 3 is 2.77 bits per heavy atom. The van der Waals surface area contributed by atoms with E-state index >= 15 is 0 Å². The lowest BCUT2D eigenvalue weighted by Gasteiger charge is -2.17. The van der Waals surface area contributed by atoms with Crippen LogP contribution in [0.25, 0.3) is 0 Å². The van der Waals surface area contributed by atoms with E-state index < -0.39 is 12.0 Å². The van der Waals surface area contributed by atoms with E-state index in [9.17, 15) is 9.90 Å². The summed E-state index contributed by atoms with van der Waals surface area (Å²) in [5, 5.41) is 12.4. The number of halogens is 1.